The molecule has 8 heteroatoms. The van der Waals surface area contributed by atoms with E-state index in [9.17, 15) is 15.2 Å². The van der Waals surface area contributed by atoms with Crippen LogP contribution in [0.5, 0.6) is 0 Å². The van der Waals surface area contributed by atoms with E-state index in [1.54, 1.807) is 18.5 Å². The van der Waals surface area contributed by atoms with Gasteiger partial charge in [0.25, 0.3) is 0 Å². The number of aliphatic hydroxyl groups excluding tert-OH is 1. The normalized spacial score (nSPS) is 11.9. The zero-order chi connectivity index (χ0) is 15.9. The summed E-state index contributed by atoms with van der Waals surface area (Å²) >= 11 is 6.04. The highest BCUT2D eigenvalue weighted by molar-refractivity contribution is 6.31. The molecule has 1 atom stereocenters. The zero-order valence-corrected chi connectivity index (χ0v) is 12.4. The molecule has 2 heterocycles. The molecule has 0 amide bonds. The Morgan fingerprint density at radius 2 is 2.23 bits per heavy atom. The monoisotopic (exact) mass is 322 g/mol. The Balaban J connectivity index is 2.03. The molecule has 0 spiro atoms. The van der Waals surface area contributed by atoms with Crippen LogP contribution in [0.2, 0.25) is 5.02 Å². The molecule has 0 aliphatic rings. The largest absolute Gasteiger partial charge is 0.396 e. The Labute approximate surface area is 132 Å². The fourth-order valence-corrected chi connectivity index (χ4v) is 2.20. The minimum Gasteiger partial charge on any atom is -0.396 e. The molecule has 2 aromatic rings. The number of nitrogens with zero attached hydrogens (tertiary/aromatic N) is 3. The fourth-order valence-electron chi connectivity index (χ4n) is 2.00. The van der Waals surface area contributed by atoms with Gasteiger partial charge in [0, 0.05) is 43.7 Å². The van der Waals surface area contributed by atoms with Gasteiger partial charge in [0.15, 0.2) is 0 Å². The third kappa shape index (κ3) is 4.12. The summed E-state index contributed by atoms with van der Waals surface area (Å²) in [5, 5.41) is 23.9. The standard InChI is InChI=1S/C14H15ClN4O3/c15-12-8-16-5-3-11(12)6-10(9-20)7-18-14-13(19(21)22)2-1-4-17-14/h1-5,8,10,20H,6-7,9H2,(H,17,18)/t10-/m1/s1. The number of pyridine rings is 2. The molecule has 0 bridgehead atoms. The van der Waals surface area contributed by atoms with E-state index in [4.69, 9.17) is 11.6 Å². The molecule has 0 unspecified atom stereocenters. The molecule has 2 rings (SSSR count). The van der Waals surface area contributed by atoms with E-state index in [0.29, 0.717) is 18.0 Å². The minimum absolute atomic E-state index is 0.0771. The molecule has 0 radical (unpaired) electrons. The van der Waals surface area contributed by atoms with Crippen LogP contribution in [0.4, 0.5) is 11.5 Å². The van der Waals surface area contributed by atoms with E-state index < -0.39 is 4.92 Å². The lowest BCUT2D eigenvalue weighted by molar-refractivity contribution is -0.384. The molecular weight excluding hydrogens is 308 g/mol. The van der Waals surface area contributed by atoms with E-state index in [2.05, 4.69) is 15.3 Å². The second kappa shape index (κ2) is 7.67. The molecule has 22 heavy (non-hydrogen) atoms. The molecule has 0 saturated heterocycles. The molecule has 2 N–H and O–H groups in total. The Morgan fingerprint density at radius 3 is 2.91 bits per heavy atom. The first kappa shape index (κ1) is 16.1. The van der Waals surface area contributed by atoms with Gasteiger partial charge in [-0.25, -0.2) is 4.98 Å². The number of nitrogens with one attached hydrogen (secondary N) is 1. The second-order valence-electron chi connectivity index (χ2n) is 4.73. The number of rotatable bonds is 7. The molecule has 0 aliphatic carbocycles. The highest BCUT2D eigenvalue weighted by atomic mass is 35.5. The first-order chi connectivity index (χ1) is 10.6. The first-order valence-electron chi connectivity index (χ1n) is 6.64. The van der Waals surface area contributed by atoms with Crippen LogP contribution < -0.4 is 5.32 Å². The summed E-state index contributed by atoms with van der Waals surface area (Å²) in [6.45, 7) is 0.263. The molecule has 116 valence electrons. The number of anilines is 1. The topological polar surface area (TPSA) is 101 Å². The Bertz CT molecular complexity index is 653. The van der Waals surface area contributed by atoms with Gasteiger partial charge < -0.3 is 10.4 Å². The molecule has 0 fully saturated rings. The highest BCUT2D eigenvalue weighted by Crippen LogP contribution is 2.22. The molecule has 0 aliphatic heterocycles. The van der Waals surface area contributed by atoms with Crippen LogP contribution in [0.3, 0.4) is 0 Å². The number of hydrogen-bond donors (Lipinski definition) is 2. The summed E-state index contributed by atoms with van der Waals surface area (Å²) in [5.41, 5.74) is 0.772. The smallest absolute Gasteiger partial charge is 0.311 e. The van der Waals surface area contributed by atoms with Crippen molar-refractivity contribution in [3.63, 3.8) is 0 Å². The van der Waals surface area contributed by atoms with Crippen molar-refractivity contribution in [3.05, 3.63) is 57.5 Å². The lowest BCUT2D eigenvalue weighted by Gasteiger charge is -2.16. The lowest BCUT2D eigenvalue weighted by Crippen LogP contribution is -2.21. The number of aromatic nitrogens is 2. The van der Waals surface area contributed by atoms with Crippen LogP contribution in [0.15, 0.2) is 36.8 Å². The average Bonchev–Trinajstić information content (AvgIpc) is 2.53. The van der Waals surface area contributed by atoms with Crippen molar-refractivity contribution in [2.24, 2.45) is 5.92 Å². The molecule has 0 saturated carbocycles. The van der Waals surface area contributed by atoms with Crippen molar-refractivity contribution in [1.29, 1.82) is 0 Å². The maximum atomic E-state index is 10.9. The molecular formula is C14H15ClN4O3. The Morgan fingerprint density at radius 1 is 1.41 bits per heavy atom. The van der Waals surface area contributed by atoms with Crippen LogP contribution in [0.1, 0.15) is 5.56 Å². The molecule has 0 aromatic carbocycles. The van der Waals surface area contributed by atoms with Crippen LogP contribution in [-0.2, 0) is 6.42 Å². The van der Waals surface area contributed by atoms with Gasteiger partial charge in [-0.15, -0.1) is 0 Å². The van der Waals surface area contributed by atoms with Crippen molar-refractivity contribution >= 4 is 23.1 Å². The van der Waals surface area contributed by atoms with Crippen LogP contribution >= 0.6 is 11.6 Å². The predicted molar refractivity (Wildman–Crippen MR) is 82.9 cm³/mol. The number of aliphatic hydroxyl groups is 1. The van der Waals surface area contributed by atoms with Gasteiger partial charge in [-0.05, 0) is 24.1 Å². The van der Waals surface area contributed by atoms with Crippen LogP contribution in [-0.4, -0.2) is 33.1 Å². The molecule has 2 aromatic heterocycles. The van der Waals surface area contributed by atoms with Gasteiger partial charge in [-0.2, -0.15) is 0 Å². The van der Waals surface area contributed by atoms with Crippen molar-refractivity contribution in [1.82, 2.24) is 9.97 Å². The third-order valence-electron chi connectivity index (χ3n) is 3.16. The second-order valence-corrected chi connectivity index (χ2v) is 5.14. The first-order valence-corrected chi connectivity index (χ1v) is 7.02. The minimum atomic E-state index is -0.497. The average molecular weight is 323 g/mol. The van der Waals surface area contributed by atoms with Crippen LogP contribution in [0, 0.1) is 16.0 Å². The maximum Gasteiger partial charge on any atom is 0.311 e. The maximum absolute atomic E-state index is 10.9. The summed E-state index contributed by atoms with van der Waals surface area (Å²) in [6.07, 6.45) is 5.18. The summed E-state index contributed by atoms with van der Waals surface area (Å²) in [6, 6.07) is 4.67. The summed E-state index contributed by atoms with van der Waals surface area (Å²) in [5.74, 6) is 0.0354. The van der Waals surface area contributed by atoms with Crippen molar-refractivity contribution < 1.29 is 10.0 Å². The van der Waals surface area contributed by atoms with E-state index in [-0.39, 0.29) is 24.0 Å². The summed E-state index contributed by atoms with van der Waals surface area (Å²) in [7, 11) is 0. The SMILES string of the molecule is O=[N+]([O-])c1cccnc1NC[C@H](CO)Cc1ccncc1Cl. The predicted octanol–water partition coefficient (Wildman–Crippen LogP) is 2.30. The summed E-state index contributed by atoms with van der Waals surface area (Å²) < 4.78 is 0. The van der Waals surface area contributed by atoms with E-state index in [0.717, 1.165) is 5.56 Å². The van der Waals surface area contributed by atoms with Gasteiger partial charge >= 0.3 is 5.69 Å². The van der Waals surface area contributed by atoms with Crippen molar-refractivity contribution in [2.45, 2.75) is 6.42 Å². The zero-order valence-electron chi connectivity index (χ0n) is 11.6. The van der Waals surface area contributed by atoms with Crippen molar-refractivity contribution in [2.75, 3.05) is 18.5 Å². The van der Waals surface area contributed by atoms with Gasteiger partial charge in [0.1, 0.15) is 0 Å². The number of halogens is 1. The third-order valence-corrected chi connectivity index (χ3v) is 3.50. The van der Waals surface area contributed by atoms with E-state index in [1.165, 1.54) is 18.3 Å². The molecule has 7 nitrogen and oxygen atoms in total. The Hall–Kier alpha value is -2.25. The fraction of sp³-hybridized carbons (Fsp3) is 0.286. The highest BCUT2D eigenvalue weighted by Gasteiger charge is 2.16. The van der Waals surface area contributed by atoms with Gasteiger partial charge in [-0.1, -0.05) is 11.6 Å². The number of hydrogen-bond acceptors (Lipinski definition) is 6. The van der Waals surface area contributed by atoms with Gasteiger partial charge in [0.05, 0.1) is 9.95 Å². The van der Waals surface area contributed by atoms with Crippen LogP contribution in [0.25, 0.3) is 0 Å². The van der Waals surface area contributed by atoms with Gasteiger partial charge in [-0.3, -0.25) is 15.1 Å². The van der Waals surface area contributed by atoms with E-state index >= 15 is 0 Å². The van der Waals surface area contributed by atoms with Gasteiger partial charge in [0.2, 0.25) is 5.82 Å². The Kier molecular flexibility index (Phi) is 5.62. The quantitative estimate of drug-likeness (QED) is 0.599. The van der Waals surface area contributed by atoms with E-state index in [1.807, 2.05) is 0 Å². The number of nitro groups is 1. The summed E-state index contributed by atoms with van der Waals surface area (Å²) in [4.78, 5) is 18.3. The lowest BCUT2D eigenvalue weighted by atomic mass is 10.0. The van der Waals surface area contributed by atoms with Crippen molar-refractivity contribution in [3.8, 4) is 0 Å².